The second-order valence-electron chi connectivity index (χ2n) is 7.18. The van der Waals surface area contributed by atoms with Gasteiger partial charge in [-0.1, -0.05) is 30.3 Å². The Kier molecular flexibility index (Phi) is 5.50. The molecular formula is C24H18F4N2O. The van der Waals surface area contributed by atoms with Crippen LogP contribution in [0.25, 0.3) is 10.9 Å². The van der Waals surface area contributed by atoms with Crippen LogP contribution in [0.1, 0.15) is 27.0 Å². The van der Waals surface area contributed by atoms with Gasteiger partial charge in [0.1, 0.15) is 5.82 Å². The Labute approximate surface area is 175 Å². The van der Waals surface area contributed by atoms with E-state index in [0.717, 1.165) is 22.5 Å². The minimum absolute atomic E-state index is 0.00525. The lowest BCUT2D eigenvalue weighted by Gasteiger charge is -2.13. The largest absolute Gasteiger partial charge is 0.416 e. The van der Waals surface area contributed by atoms with Crippen molar-refractivity contribution in [1.29, 1.82) is 0 Å². The molecule has 158 valence electrons. The maximum absolute atomic E-state index is 13.4. The van der Waals surface area contributed by atoms with Gasteiger partial charge in [0.05, 0.1) is 5.56 Å². The van der Waals surface area contributed by atoms with Crippen molar-refractivity contribution < 1.29 is 22.4 Å². The number of carbonyl (C=O) groups is 1. The molecule has 0 aliphatic carbocycles. The number of alkyl halides is 3. The van der Waals surface area contributed by atoms with Crippen molar-refractivity contribution in [2.75, 3.05) is 0 Å². The molecular weight excluding hydrogens is 408 g/mol. The van der Waals surface area contributed by atoms with Gasteiger partial charge >= 0.3 is 6.18 Å². The normalized spacial score (nSPS) is 11.6. The van der Waals surface area contributed by atoms with E-state index in [1.165, 1.54) is 30.3 Å². The highest BCUT2D eigenvalue weighted by Crippen LogP contribution is 2.31. The fourth-order valence-electron chi connectivity index (χ4n) is 3.54. The Bertz CT molecular complexity index is 1240. The van der Waals surface area contributed by atoms with Crippen molar-refractivity contribution in [1.82, 2.24) is 9.88 Å². The highest BCUT2D eigenvalue weighted by molar-refractivity contribution is 5.98. The number of halogens is 4. The molecule has 7 heteroatoms. The van der Waals surface area contributed by atoms with Crippen LogP contribution in [0.15, 0.2) is 79.0 Å². The van der Waals surface area contributed by atoms with Crippen LogP contribution in [-0.2, 0) is 19.3 Å². The Morgan fingerprint density at radius 2 is 1.74 bits per heavy atom. The monoisotopic (exact) mass is 426 g/mol. The third-order valence-corrected chi connectivity index (χ3v) is 5.04. The van der Waals surface area contributed by atoms with E-state index in [1.54, 1.807) is 24.3 Å². The van der Waals surface area contributed by atoms with E-state index in [0.29, 0.717) is 12.1 Å². The Morgan fingerprint density at radius 3 is 2.52 bits per heavy atom. The van der Waals surface area contributed by atoms with Crippen LogP contribution < -0.4 is 5.32 Å². The van der Waals surface area contributed by atoms with Gasteiger partial charge in [0.15, 0.2) is 0 Å². The summed E-state index contributed by atoms with van der Waals surface area (Å²) >= 11 is 0. The second kappa shape index (κ2) is 8.26. The zero-order chi connectivity index (χ0) is 22.0. The van der Waals surface area contributed by atoms with E-state index in [-0.39, 0.29) is 17.9 Å². The van der Waals surface area contributed by atoms with Gasteiger partial charge in [0.25, 0.3) is 5.91 Å². The van der Waals surface area contributed by atoms with Crippen molar-refractivity contribution in [2.45, 2.75) is 19.3 Å². The minimum atomic E-state index is -4.48. The van der Waals surface area contributed by atoms with E-state index < -0.39 is 17.6 Å². The first-order valence-electron chi connectivity index (χ1n) is 9.58. The van der Waals surface area contributed by atoms with E-state index in [2.05, 4.69) is 5.32 Å². The average molecular weight is 426 g/mol. The fourth-order valence-corrected chi connectivity index (χ4v) is 3.54. The number of nitrogens with zero attached hydrogens (tertiary/aromatic N) is 1. The highest BCUT2D eigenvalue weighted by Gasteiger charge is 2.32. The number of aromatic nitrogens is 1. The van der Waals surface area contributed by atoms with E-state index in [4.69, 9.17) is 0 Å². The zero-order valence-corrected chi connectivity index (χ0v) is 16.3. The summed E-state index contributed by atoms with van der Waals surface area (Å²) in [6.07, 6.45) is -2.64. The summed E-state index contributed by atoms with van der Waals surface area (Å²) in [5, 5.41) is 3.36. The molecule has 0 saturated heterocycles. The van der Waals surface area contributed by atoms with Crippen LogP contribution in [0.2, 0.25) is 0 Å². The molecule has 0 aliphatic rings. The molecule has 1 amide bonds. The number of carbonyl (C=O) groups excluding carboxylic acids is 1. The van der Waals surface area contributed by atoms with Crippen molar-refractivity contribution in [2.24, 2.45) is 0 Å². The number of fused-ring (bicyclic) bond motifs is 1. The van der Waals surface area contributed by atoms with Gasteiger partial charge in [0, 0.05) is 35.8 Å². The van der Waals surface area contributed by atoms with E-state index in [9.17, 15) is 22.4 Å². The van der Waals surface area contributed by atoms with Crippen molar-refractivity contribution in [3.8, 4) is 0 Å². The Hall–Kier alpha value is -3.61. The topological polar surface area (TPSA) is 34.0 Å². The third-order valence-electron chi connectivity index (χ3n) is 5.04. The molecule has 0 aliphatic heterocycles. The zero-order valence-electron chi connectivity index (χ0n) is 16.3. The SMILES string of the molecule is O=C(NCc1ccccc1C(F)(F)F)c1ccc2c(ccn2Cc2cccc(F)c2)c1. The molecule has 0 unspecified atom stereocenters. The first-order valence-corrected chi connectivity index (χ1v) is 9.58. The van der Waals surface area contributed by atoms with Crippen LogP contribution >= 0.6 is 0 Å². The number of nitrogens with one attached hydrogen (secondary N) is 1. The minimum Gasteiger partial charge on any atom is -0.348 e. The molecule has 3 nitrogen and oxygen atoms in total. The standard InChI is InChI=1S/C24H18F4N2O/c25-20-6-3-4-16(12-20)15-30-11-10-17-13-18(8-9-22(17)30)23(31)29-14-19-5-1-2-7-21(19)24(26,27)28/h1-13H,14-15H2,(H,29,31). The first kappa shape index (κ1) is 20.7. The van der Waals surface area contributed by atoms with Crippen molar-refractivity contribution in [3.05, 3.63) is 107 Å². The molecule has 0 atom stereocenters. The third kappa shape index (κ3) is 4.60. The molecule has 0 fully saturated rings. The molecule has 1 N–H and O–H groups in total. The lowest BCUT2D eigenvalue weighted by atomic mass is 10.1. The fraction of sp³-hybridized carbons (Fsp3) is 0.125. The predicted molar refractivity (Wildman–Crippen MR) is 110 cm³/mol. The van der Waals surface area contributed by atoms with Gasteiger partial charge in [-0.15, -0.1) is 0 Å². The number of rotatable bonds is 5. The predicted octanol–water partition coefficient (Wildman–Crippen LogP) is 5.78. The van der Waals surface area contributed by atoms with Crippen LogP contribution in [0, 0.1) is 5.82 Å². The van der Waals surface area contributed by atoms with Gasteiger partial charge in [-0.25, -0.2) is 4.39 Å². The molecule has 4 aromatic rings. The smallest absolute Gasteiger partial charge is 0.348 e. The summed E-state index contributed by atoms with van der Waals surface area (Å²) in [7, 11) is 0. The molecule has 0 bridgehead atoms. The number of amides is 1. The first-order chi connectivity index (χ1) is 14.8. The van der Waals surface area contributed by atoms with E-state index in [1.807, 2.05) is 22.9 Å². The molecule has 1 heterocycles. The van der Waals surface area contributed by atoms with E-state index >= 15 is 0 Å². The lowest BCUT2D eigenvalue weighted by molar-refractivity contribution is -0.138. The number of benzene rings is 3. The molecule has 1 aromatic heterocycles. The molecule has 0 saturated carbocycles. The number of hydrogen-bond donors (Lipinski definition) is 1. The van der Waals surface area contributed by atoms with Crippen molar-refractivity contribution >= 4 is 16.8 Å². The van der Waals surface area contributed by atoms with Crippen molar-refractivity contribution in [3.63, 3.8) is 0 Å². The summed E-state index contributed by atoms with van der Waals surface area (Å²) in [6, 6.07) is 18.4. The van der Waals surface area contributed by atoms with Gasteiger partial charge in [-0.3, -0.25) is 4.79 Å². The van der Waals surface area contributed by atoms with Crippen LogP contribution in [0.4, 0.5) is 17.6 Å². The Morgan fingerprint density at radius 1 is 0.935 bits per heavy atom. The maximum Gasteiger partial charge on any atom is 0.416 e. The maximum atomic E-state index is 13.4. The summed E-state index contributed by atoms with van der Waals surface area (Å²) < 4.78 is 54.7. The van der Waals surface area contributed by atoms with Gasteiger partial charge in [0.2, 0.25) is 0 Å². The summed E-state index contributed by atoms with van der Waals surface area (Å²) in [5.74, 6) is -0.767. The average Bonchev–Trinajstić information content (AvgIpc) is 3.13. The molecule has 4 rings (SSSR count). The van der Waals surface area contributed by atoms with Crippen LogP contribution in [0.3, 0.4) is 0 Å². The summed E-state index contributed by atoms with van der Waals surface area (Å²) in [6.45, 7) is 0.244. The number of hydrogen-bond acceptors (Lipinski definition) is 1. The van der Waals surface area contributed by atoms with Gasteiger partial charge in [-0.2, -0.15) is 13.2 Å². The van der Waals surface area contributed by atoms with Gasteiger partial charge in [-0.05, 0) is 53.6 Å². The summed E-state index contributed by atoms with van der Waals surface area (Å²) in [4.78, 5) is 12.5. The van der Waals surface area contributed by atoms with Crippen LogP contribution in [0.5, 0.6) is 0 Å². The molecule has 31 heavy (non-hydrogen) atoms. The summed E-state index contributed by atoms with van der Waals surface area (Å²) in [5.41, 5.74) is 1.26. The Balaban J connectivity index is 1.50. The lowest BCUT2D eigenvalue weighted by Crippen LogP contribution is -2.24. The molecule has 0 spiro atoms. The second-order valence-corrected chi connectivity index (χ2v) is 7.18. The molecule has 3 aromatic carbocycles. The quantitative estimate of drug-likeness (QED) is 0.404. The van der Waals surface area contributed by atoms with Crippen LogP contribution in [-0.4, -0.2) is 10.5 Å². The van der Waals surface area contributed by atoms with Gasteiger partial charge < -0.3 is 9.88 Å². The molecule has 0 radical (unpaired) electrons. The highest BCUT2D eigenvalue weighted by atomic mass is 19.4.